The molecule has 31 heavy (non-hydrogen) atoms. The van der Waals surface area contributed by atoms with Gasteiger partial charge in [0.15, 0.2) is 11.5 Å². The Balaban J connectivity index is 1.77. The lowest BCUT2D eigenvalue weighted by Crippen LogP contribution is -2.20. The van der Waals surface area contributed by atoms with Crippen molar-refractivity contribution in [3.8, 4) is 17.2 Å². The first kappa shape index (κ1) is 22.1. The highest BCUT2D eigenvalue weighted by atomic mass is 16.5. The zero-order valence-corrected chi connectivity index (χ0v) is 18.5. The molecule has 3 N–H and O–H groups in total. The number of nitrogens with zero attached hydrogens (tertiary/aromatic N) is 4. The van der Waals surface area contributed by atoms with Crippen LogP contribution in [0.25, 0.3) is 0 Å². The average Bonchev–Trinajstić information content (AvgIpc) is 2.74. The van der Waals surface area contributed by atoms with Crippen LogP contribution in [0, 0.1) is 6.92 Å². The van der Waals surface area contributed by atoms with E-state index in [1.165, 1.54) is 0 Å². The quantitative estimate of drug-likeness (QED) is 0.535. The van der Waals surface area contributed by atoms with Crippen LogP contribution < -0.4 is 25.3 Å². The van der Waals surface area contributed by atoms with Gasteiger partial charge in [-0.3, -0.25) is 4.90 Å². The van der Waals surface area contributed by atoms with E-state index in [1.54, 1.807) is 21.3 Å². The molecule has 0 aliphatic heterocycles. The highest BCUT2D eigenvalue weighted by molar-refractivity contribution is 5.58. The number of methoxy groups -OCH3 is 3. The molecule has 0 bridgehead atoms. The first-order chi connectivity index (χ1) is 14.9. The van der Waals surface area contributed by atoms with E-state index in [9.17, 15) is 0 Å². The molecule has 164 valence electrons. The van der Waals surface area contributed by atoms with E-state index >= 15 is 0 Å². The molecule has 2 aromatic carbocycles. The summed E-state index contributed by atoms with van der Waals surface area (Å²) in [4.78, 5) is 15.1. The number of nitrogens with one attached hydrogen (secondary N) is 1. The number of anilines is 3. The summed E-state index contributed by atoms with van der Waals surface area (Å²) in [7, 11) is 6.75. The van der Waals surface area contributed by atoms with Gasteiger partial charge in [0, 0.05) is 17.8 Å². The van der Waals surface area contributed by atoms with Gasteiger partial charge in [-0.05, 0) is 31.7 Å². The number of nitrogen functional groups attached to an aromatic ring is 1. The van der Waals surface area contributed by atoms with Gasteiger partial charge in [-0.15, -0.1) is 0 Å². The second kappa shape index (κ2) is 9.94. The van der Waals surface area contributed by atoms with E-state index in [4.69, 9.17) is 19.9 Å². The highest BCUT2D eigenvalue weighted by Crippen LogP contribution is 2.40. The van der Waals surface area contributed by atoms with Gasteiger partial charge in [-0.1, -0.05) is 24.3 Å². The van der Waals surface area contributed by atoms with Crippen molar-refractivity contribution in [1.29, 1.82) is 0 Å². The molecule has 0 atom stereocenters. The Kier molecular flexibility index (Phi) is 7.09. The fraction of sp³-hybridized carbons (Fsp3) is 0.318. The van der Waals surface area contributed by atoms with Crippen LogP contribution >= 0.6 is 0 Å². The molecule has 0 unspecified atom stereocenters. The van der Waals surface area contributed by atoms with Crippen molar-refractivity contribution < 1.29 is 14.2 Å². The zero-order valence-electron chi connectivity index (χ0n) is 18.5. The Morgan fingerprint density at radius 1 is 0.903 bits per heavy atom. The summed E-state index contributed by atoms with van der Waals surface area (Å²) in [5, 5.41) is 3.21. The predicted octanol–water partition coefficient (Wildman–Crippen LogP) is 3.16. The predicted molar refractivity (Wildman–Crippen MR) is 120 cm³/mol. The first-order valence-corrected chi connectivity index (χ1v) is 9.74. The largest absolute Gasteiger partial charge is 0.493 e. The van der Waals surface area contributed by atoms with Crippen LogP contribution in [0.5, 0.6) is 17.2 Å². The Hall–Kier alpha value is -3.59. The van der Waals surface area contributed by atoms with Crippen LogP contribution in [-0.4, -0.2) is 48.2 Å². The van der Waals surface area contributed by atoms with Crippen molar-refractivity contribution in [3.05, 3.63) is 53.3 Å². The Labute approximate surface area is 182 Å². The van der Waals surface area contributed by atoms with Crippen LogP contribution in [-0.2, 0) is 13.1 Å². The Morgan fingerprint density at radius 2 is 1.65 bits per heavy atom. The molecular weight excluding hydrogens is 396 g/mol. The molecule has 0 aliphatic carbocycles. The maximum absolute atomic E-state index is 5.92. The molecule has 0 amide bonds. The lowest BCUT2D eigenvalue weighted by Gasteiger charge is -2.20. The lowest BCUT2D eigenvalue weighted by molar-refractivity contribution is 0.292. The minimum absolute atomic E-state index is 0.165. The minimum Gasteiger partial charge on any atom is -0.493 e. The number of benzene rings is 2. The number of para-hydroxylation sites is 1. The maximum atomic E-state index is 5.92. The van der Waals surface area contributed by atoms with Gasteiger partial charge in [-0.2, -0.15) is 15.0 Å². The molecule has 0 fully saturated rings. The van der Waals surface area contributed by atoms with Crippen molar-refractivity contribution in [2.24, 2.45) is 0 Å². The third kappa shape index (κ3) is 5.32. The Morgan fingerprint density at radius 3 is 2.32 bits per heavy atom. The SMILES string of the molecule is COc1ccc(CN(C)Cc2nc(N)nc(Nc3ccccc3C)n2)c(OC)c1OC. The van der Waals surface area contributed by atoms with Gasteiger partial charge in [0.25, 0.3) is 0 Å². The molecule has 9 nitrogen and oxygen atoms in total. The summed E-state index contributed by atoms with van der Waals surface area (Å²) in [6.45, 7) is 3.06. The smallest absolute Gasteiger partial charge is 0.232 e. The van der Waals surface area contributed by atoms with E-state index < -0.39 is 0 Å². The van der Waals surface area contributed by atoms with Gasteiger partial charge in [-0.25, -0.2) is 0 Å². The van der Waals surface area contributed by atoms with Crippen LogP contribution in [0.1, 0.15) is 17.0 Å². The van der Waals surface area contributed by atoms with Crippen LogP contribution in [0.15, 0.2) is 36.4 Å². The molecule has 0 saturated carbocycles. The summed E-state index contributed by atoms with van der Waals surface area (Å²) in [6, 6.07) is 11.7. The van der Waals surface area contributed by atoms with E-state index in [-0.39, 0.29) is 5.95 Å². The van der Waals surface area contributed by atoms with Gasteiger partial charge >= 0.3 is 0 Å². The second-order valence-corrected chi connectivity index (χ2v) is 7.04. The number of aryl methyl sites for hydroxylation is 1. The number of nitrogens with two attached hydrogens (primary N) is 1. The molecule has 1 heterocycles. The molecule has 0 radical (unpaired) electrons. The molecule has 3 aromatic rings. The number of rotatable bonds is 9. The van der Waals surface area contributed by atoms with Crippen LogP contribution in [0.4, 0.5) is 17.6 Å². The van der Waals surface area contributed by atoms with Crippen molar-refractivity contribution in [1.82, 2.24) is 19.9 Å². The topological polar surface area (TPSA) is 108 Å². The summed E-state index contributed by atoms with van der Waals surface area (Å²) in [6.07, 6.45) is 0. The van der Waals surface area contributed by atoms with Crippen molar-refractivity contribution in [2.45, 2.75) is 20.0 Å². The lowest BCUT2D eigenvalue weighted by atomic mass is 10.1. The molecular formula is C22H28N6O3. The van der Waals surface area contributed by atoms with Gasteiger partial charge in [0.2, 0.25) is 17.6 Å². The Bertz CT molecular complexity index is 1040. The molecule has 1 aromatic heterocycles. The third-order valence-electron chi connectivity index (χ3n) is 4.73. The highest BCUT2D eigenvalue weighted by Gasteiger charge is 2.17. The molecule has 0 saturated heterocycles. The van der Waals surface area contributed by atoms with Crippen LogP contribution in [0.3, 0.4) is 0 Å². The minimum atomic E-state index is 0.165. The number of ether oxygens (including phenoxy) is 3. The summed E-state index contributed by atoms with van der Waals surface area (Å²) in [5.74, 6) is 2.94. The van der Waals surface area contributed by atoms with Crippen molar-refractivity contribution in [2.75, 3.05) is 39.4 Å². The second-order valence-electron chi connectivity index (χ2n) is 7.04. The van der Waals surface area contributed by atoms with E-state index in [2.05, 4.69) is 25.2 Å². The summed E-state index contributed by atoms with van der Waals surface area (Å²) < 4.78 is 16.4. The van der Waals surface area contributed by atoms with Crippen molar-refractivity contribution >= 4 is 17.6 Å². The number of hydrogen-bond donors (Lipinski definition) is 2. The van der Waals surface area contributed by atoms with Gasteiger partial charge in [0.1, 0.15) is 5.82 Å². The van der Waals surface area contributed by atoms with E-state index in [0.29, 0.717) is 42.1 Å². The maximum Gasteiger partial charge on any atom is 0.232 e. The van der Waals surface area contributed by atoms with E-state index in [0.717, 1.165) is 16.8 Å². The van der Waals surface area contributed by atoms with Gasteiger partial charge < -0.3 is 25.3 Å². The first-order valence-electron chi connectivity index (χ1n) is 9.74. The fourth-order valence-electron chi connectivity index (χ4n) is 3.27. The zero-order chi connectivity index (χ0) is 22.4. The average molecular weight is 425 g/mol. The van der Waals surface area contributed by atoms with E-state index in [1.807, 2.05) is 50.4 Å². The normalized spacial score (nSPS) is 10.8. The molecule has 0 spiro atoms. The molecule has 9 heteroatoms. The summed E-state index contributed by atoms with van der Waals surface area (Å²) >= 11 is 0. The molecule has 3 rings (SSSR count). The number of hydrogen-bond acceptors (Lipinski definition) is 9. The summed E-state index contributed by atoms with van der Waals surface area (Å²) in [5.41, 5.74) is 8.87. The number of aromatic nitrogens is 3. The standard InChI is InChI=1S/C22H28N6O3/c1-14-8-6-7-9-16(14)24-22-26-18(25-21(23)27-22)13-28(2)12-15-10-11-17(29-3)20(31-5)19(15)30-4/h6-11H,12-13H2,1-5H3,(H3,23,24,25,26,27). The van der Waals surface area contributed by atoms with Gasteiger partial charge in [0.05, 0.1) is 27.9 Å². The van der Waals surface area contributed by atoms with Crippen LogP contribution in [0.2, 0.25) is 0 Å². The fourth-order valence-corrected chi connectivity index (χ4v) is 3.27. The monoisotopic (exact) mass is 424 g/mol. The van der Waals surface area contributed by atoms with Crippen molar-refractivity contribution in [3.63, 3.8) is 0 Å². The third-order valence-corrected chi connectivity index (χ3v) is 4.73. The molecule has 0 aliphatic rings.